The van der Waals surface area contributed by atoms with Crippen LogP contribution in [0, 0.1) is 18.3 Å². The first kappa shape index (κ1) is 10.7. The summed E-state index contributed by atoms with van der Waals surface area (Å²) in [6, 6.07) is 7.75. The molecule has 0 aromatic carbocycles. The molecule has 0 aliphatic rings. The van der Waals surface area contributed by atoms with Gasteiger partial charge in [-0.2, -0.15) is 5.26 Å². The molecule has 2 heterocycles. The van der Waals surface area contributed by atoms with Crippen LogP contribution in [-0.4, -0.2) is 9.97 Å². The van der Waals surface area contributed by atoms with Gasteiger partial charge in [-0.25, -0.2) is 4.98 Å². The number of pyridine rings is 2. The Balaban J connectivity index is 2.35. The minimum atomic E-state index is 0.630. The normalized spacial score (nSPS) is 9.75. The van der Waals surface area contributed by atoms with Crippen LogP contribution >= 0.6 is 11.8 Å². The predicted octanol–water partition coefficient (Wildman–Crippen LogP) is 2.81. The number of aromatic nitrogens is 2. The fourth-order valence-corrected chi connectivity index (χ4v) is 2.12. The molecular weight excluding hydrogens is 218 g/mol. The van der Waals surface area contributed by atoms with Gasteiger partial charge in [-0.15, -0.1) is 0 Å². The molecule has 0 aliphatic heterocycles. The van der Waals surface area contributed by atoms with E-state index in [1.165, 1.54) is 11.8 Å². The molecule has 3 nitrogen and oxygen atoms in total. The lowest BCUT2D eigenvalue weighted by Crippen LogP contribution is -1.87. The highest BCUT2D eigenvalue weighted by molar-refractivity contribution is 7.99. The number of nitrogens with zero attached hydrogens (tertiary/aromatic N) is 3. The van der Waals surface area contributed by atoms with E-state index in [0.717, 1.165) is 15.5 Å². The Morgan fingerprint density at radius 1 is 1.31 bits per heavy atom. The Morgan fingerprint density at radius 2 is 2.19 bits per heavy atom. The molecule has 0 spiro atoms. The van der Waals surface area contributed by atoms with Gasteiger partial charge in [0.2, 0.25) is 0 Å². The lowest BCUT2D eigenvalue weighted by molar-refractivity contribution is 1.07. The average molecular weight is 227 g/mol. The number of hydrogen-bond acceptors (Lipinski definition) is 4. The Hall–Kier alpha value is -1.86. The topological polar surface area (TPSA) is 49.6 Å². The van der Waals surface area contributed by atoms with Crippen LogP contribution in [0.5, 0.6) is 0 Å². The van der Waals surface area contributed by atoms with Gasteiger partial charge in [0.25, 0.3) is 0 Å². The second kappa shape index (κ2) is 4.77. The van der Waals surface area contributed by atoms with E-state index in [1.807, 2.05) is 19.1 Å². The Morgan fingerprint density at radius 3 is 2.94 bits per heavy atom. The third-order valence-electron chi connectivity index (χ3n) is 2.07. The summed E-state index contributed by atoms with van der Waals surface area (Å²) in [5.41, 5.74) is 1.73. The fourth-order valence-electron chi connectivity index (χ4n) is 1.24. The summed E-state index contributed by atoms with van der Waals surface area (Å²) < 4.78 is 0. The maximum Gasteiger partial charge on any atom is 0.104 e. The van der Waals surface area contributed by atoms with Gasteiger partial charge < -0.3 is 0 Å². The third kappa shape index (κ3) is 2.20. The molecule has 16 heavy (non-hydrogen) atoms. The van der Waals surface area contributed by atoms with Gasteiger partial charge in [0.1, 0.15) is 11.1 Å². The predicted molar refractivity (Wildman–Crippen MR) is 62.0 cm³/mol. The second-order valence-corrected chi connectivity index (χ2v) is 4.24. The van der Waals surface area contributed by atoms with Crippen molar-refractivity contribution < 1.29 is 0 Å². The van der Waals surface area contributed by atoms with Crippen LogP contribution in [0.3, 0.4) is 0 Å². The van der Waals surface area contributed by atoms with Crippen molar-refractivity contribution in [2.45, 2.75) is 16.8 Å². The molecule has 0 N–H and O–H groups in total. The lowest BCUT2D eigenvalue weighted by Gasteiger charge is -2.04. The second-order valence-electron chi connectivity index (χ2n) is 3.21. The molecule has 2 aromatic rings. The van der Waals surface area contributed by atoms with E-state index in [-0.39, 0.29) is 0 Å². The Bertz CT molecular complexity index is 546. The molecule has 4 heteroatoms. The minimum absolute atomic E-state index is 0.630. The van der Waals surface area contributed by atoms with Crippen molar-refractivity contribution in [3.8, 4) is 6.07 Å². The summed E-state index contributed by atoms with van der Waals surface area (Å²) >= 11 is 1.47. The highest BCUT2D eigenvalue weighted by Crippen LogP contribution is 2.29. The van der Waals surface area contributed by atoms with E-state index in [2.05, 4.69) is 16.0 Å². The van der Waals surface area contributed by atoms with E-state index in [0.29, 0.717) is 5.56 Å². The molecule has 0 saturated carbocycles. The van der Waals surface area contributed by atoms with Crippen molar-refractivity contribution in [3.63, 3.8) is 0 Å². The van der Waals surface area contributed by atoms with E-state index >= 15 is 0 Å². The van der Waals surface area contributed by atoms with Gasteiger partial charge in [-0.3, -0.25) is 4.98 Å². The molecule has 2 aromatic heterocycles. The molecule has 2 rings (SSSR count). The molecule has 78 valence electrons. The molecule has 0 amide bonds. The van der Waals surface area contributed by atoms with Crippen LogP contribution in [0.4, 0.5) is 0 Å². The van der Waals surface area contributed by atoms with Crippen molar-refractivity contribution in [1.82, 2.24) is 9.97 Å². The van der Waals surface area contributed by atoms with Crippen molar-refractivity contribution >= 4 is 11.8 Å². The number of hydrogen-bond donors (Lipinski definition) is 0. The summed E-state index contributed by atoms with van der Waals surface area (Å²) in [6.45, 7) is 2.00. The van der Waals surface area contributed by atoms with Gasteiger partial charge >= 0.3 is 0 Å². The van der Waals surface area contributed by atoms with Crippen LogP contribution in [-0.2, 0) is 0 Å². The van der Waals surface area contributed by atoms with Crippen LogP contribution in [0.25, 0.3) is 0 Å². The Labute approximate surface area is 98.2 Å². The monoisotopic (exact) mass is 227 g/mol. The van der Waals surface area contributed by atoms with Crippen LogP contribution < -0.4 is 0 Å². The van der Waals surface area contributed by atoms with E-state index in [1.54, 1.807) is 24.7 Å². The zero-order chi connectivity index (χ0) is 11.4. The first-order valence-corrected chi connectivity index (χ1v) is 5.56. The summed E-state index contributed by atoms with van der Waals surface area (Å²) in [6.07, 6.45) is 5.06. The van der Waals surface area contributed by atoms with E-state index < -0.39 is 0 Å². The first-order chi connectivity index (χ1) is 7.81. The number of nitriles is 1. The zero-order valence-electron chi connectivity index (χ0n) is 8.71. The highest BCUT2D eigenvalue weighted by Gasteiger charge is 2.06. The molecule has 0 fully saturated rings. The summed E-state index contributed by atoms with van der Waals surface area (Å²) in [7, 11) is 0. The maximum atomic E-state index is 8.95. The van der Waals surface area contributed by atoms with Crippen LogP contribution in [0.2, 0.25) is 0 Å². The maximum absolute atomic E-state index is 8.95. The standard InChI is InChI=1S/C12H9N3S/c1-9-3-2-5-15-12(9)16-11-8-14-6-4-10(11)7-13/h2-6,8H,1H3. The van der Waals surface area contributed by atoms with Crippen LogP contribution in [0.1, 0.15) is 11.1 Å². The fraction of sp³-hybridized carbons (Fsp3) is 0.0833. The Kier molecular flexibility index (Phi) is 3.18. The molecule has 0 unspecified atom stereocenters. The summed E-state index contributed by atoms with van der Waals surface area (Å²) in [5, 5.41) is 9.86. The minimum Gasteiger partial charge on any atom is -0.263 e. The van der Waals surface area contributed by atoms with Crippen molar-refractivity contribution in [2.24, 2.45) is 0 Å². The number of rotatable bonds is 2. The van der Waals surface area contributed by atoms with Gasteiger partial charge in [-0.05, 0) is 24.6 Å². The summed E-state index contributed by atoms with van der Waals surface area (Å²) in [5.74, 6) is 0. The zero-order valence-corrected chi connectivity index (χ0v) is 9.53. The smallest absolute Gasteiger partial charge is 0.104 e. The van der Waals surface area contributed by atoms with Crippen molar-refractivity contribution in [2.75, 3.05) is 0 Å². The highest BCUT2D eigenvalue weighted by atomic mass is 32.2. The molecule has 0 aliphatic carbocycles. The number of aryl methyl sites for hydroxylation is 1. The average Bonchev–Trinajstić information content (AvgIpc) is 2.33. The third-order valence-corrected chi connectivity index (χ3v) is 3.24. The molecule has 0 bridgehead atoms. The van der Waals surface area contributed by atoms with E-state index in [9.17, 15) is 0 Å². The molecule has 0 atom stereocenters. The lowest BCUT2D eigenvalue weighted by atomic mass is 10.3. The van der Waals surface area contributed by atoms with Gasteiger partial charge in [0.05, 0.1) is 5.56 Å². The molecule has 0 saturated heterocycles. The SMILES string of the molecule is Cc1cccnc1Sc1cnccc1C#N. The quantitative estimate of drug-likeness (QED) is 0.791. The van der Waals surface area contributed by atoms with Gasteiger partial charge in [0, 0.05) is 23.5 Å². The van der Waals surface area contributed by atoms with Gasteiger partial charge in [-0.1, -0.05) is 17.8 Å². The molecular formula is C12H9N3S. The largest absolute Gasteiger partial charge is 0.263 e. The van der Waals surface area contributed by atoms with E-state index in [4.69, 9.17) is 5.26 Å². The molecule has 0 radical (unpaired) electrons. The summed E-state index contributed by atoms with van der Waals surface area (Å²) in [4.78, 5) is 9.13. The van der Waals surface area contributed by atoms with Crippen molar-refractivity contribution in [3.05, 3.63) is 47.9 Å². The first-order valence-electron chi connectivity index (χ1n) is 4.75. The van der Waals surface area contributed by atoms with Gasteiger partial charge in [0.15, 0.2) is 0 Å². The van der Waals surface area contributed by atoms with Crippen LogP contribution in [0.15, 0.2) is 46.7 Å². The van der Waals surface area contributed by atoms with Crippen molar-refractivity contribution in [1.29, 1.82) is 5.26 Å².